The first-order chi connectivity index (χ1) is 32.4. The second-order valence-corrected chi connectivity index (χ2v) is 16.7. The van der Waals surface area contributed by atoms with Crippen LogP contribution in [0.25, 0.3) is 0 Å². The lowest BCUT2D eigenvalue weighted by Gasteiger charge is -2.49. The molecule has 0 unspecified atom stereocenters. The quantitative estimate of drug-likeness (QED) is 0.0452. The van der Waals surface area contributed by atoms with Crippen molar-refractivity contribution < 1.29 is 149 Å². The van der Waals surface area contributed by atoms with E-state index in [9.17, 15) is 111 Å². The highest BCUT2D eigenvalue weighted by Gasteiger charge is 2.58. The van der Waals surface area contributed by atoms with Gasteiger partial charge in [-0.1, -0.05) is 0 Å². The second kappa shape index (κ2) is 25.8. The summed E-state index contributed by atoms with van der Waals surface area (Å²) >= 11 is 0. The number of carbonyl (C=O) groups is 3. The normalized spacial score (nSPS) is 41.3. The van der Waals surface area contributed by atoms with E-state index in [0.717, 1.165) is 6.92 Å². The van der Waals surface area contributed by atoms with E-state index in [1.807, 2.05) is 0 Å². The molecule has 21 N–H and O–H groups in total. The average molecular weight is 1020 g/mol. The van der Waals surface area contributed by atoms with Gasteiger partial charge in [-0.3, -0.25) is 9.59 Å². The Morgan fingerprint density at radius 1 is 0.638 bits per heavy atom. The molecule has 0 aromatic heterocycles. The van der Waals surface area contributed by atoms with Crippen molar-refractivity contribution >= 4 is 17.8 Å². The minimum atomic E-state index is -3.03. The monoisotopic (exact) mass is 1020 g/mol. The topological polar surface area (TPSA) is 533 Å². The molecule has 4 heterocycles. The number of ether oxygens (including phenoxy) is 8. The maximum atomic E-state index is 12.7. The van der Waals surface area contributed by atoms with Gasteiger partial charge >= 0.3 is 5.97 Å². The predicted molar refractivity (Wildman–Crippen MR) is 211 cm³/mol. The number of aliphatic hydroxyl groups excluding tert-OH is 18. The fourth-order valence-electron chi connectivity index (χ4n) is 8.02. The van der Waals surface area contributed by atoms with Gasteiger partial charge in [0.25, 0.3) is 5.79 Å². The van der Waals surface area contributed by atoms with E-state index in [4.69, 9.17) is 37.9 Å². The van der Waals surface area contributed by atoms with Gasteiger partial charge in [0.1, 0.15) is 123 Å². The molecule has 0 saturated carbocycles. The molecule has 32 nitrogen and oxygen atoms in total. The van der Waals surface area contributed by atoms with Gasteiger partial charge in [0.15, 0.2) is 18.9 Å². The van der Waals surface area contributed by atoms with Gasteiger partial charge in [-0.2, -0.15) is 0 Å². The first-order valence-electron chi connectivity index (χ1n) is 21.3. The number of aliphatic hydroxyl groups is 18. The molecule has 2 amide bonds. The van der Waals surface area contributed by atoms with Gasteiger partial charge in [-0.15, -0.1) is 0 Å². The van der Waals surface area contributed by atoms with Crippen LogP contribution in [0.1, 0.15) is 13.3 Å². The summed E-state index contributed by atoms with van der Waals surface area (Å²) < 4.78 is 44.8. The molecule has 4 fully saturated rings. The summed E-state index contributed by atoms with van der Waals surface area (Å²) in [5, 5.41) is 202. The zero-order valence-corrected chi connectivity index (χ0v) is 36.5. The number of carbonyl (C=O) groups excluding carboxylic acids is 2. The molecular formula is C37H64N2O30. The molecule has 32 heteroatoms. The number of hydrogen-bond donors (Lipinski definition) is 21. The van der Waals surface area contributed by atoms with Crippen molar-refractivity contribution in [2.75, 3.05) is 46.2 Å². The van der Waals surface area contributed by atoms with Crippen LogP contribution in [0.3, 0.4) is 0 Å². The third kappa shape index (κ3) is 13.5. The summed E-state index contributed by atoms with van der Waals surface area (Å²) in [5.74, 6) is -7.07. The Balaban J connectivity index is 1.58. The van der Waals surface area contributed by atoms with Crippen molar-refractivity contribution in [3.8, 4) is 0 Å². The molecule has 0 radical (unpaired) electrons. The van der Waals surface area contributed by atoms with E-state index < -0.39 is 223 Å². The number of carboxylic acids is 1. The maximum absolute atomic E-state index is 12.7. The van der Waals surface area contributed by atoms with Gasteiger partial charge < -0.3 is 146 Å². The van der Waals surface area contributed by atoms with Crippen molar-refractivity contribution in [2.24, 2.45) is 0 Å². The van der Waals surface area contributed by atoms with Crippen molar-refractivity contribution in [3.63, 3.8) is 0 Å². The van der Waals surface area contributed by atoms with Crippen LogP contribution in [0.4, 0.5) is 0 Å². The molecule has 69 heavy (non-hydrogen) atoms. The fraction of sp³-hybridized carbons (Fsp3) is 0.919. The van der Waals surface area contributed by atoms with Crippen molar-refractivity contribution in [2.45, 2.75) is 166 Å². The summed E-state index contributed by atoms with van der Waals surface area (Å²) in [4.78, 5) is 37.2. The smallest absolute Gasteiger partial charge is 0.364 e. The van der Waals surface area contributed by atoms with Crippen LogP contribution in [-0.4, -0.2) is 314 Å². The Hall–Kier alpha value is -2.63. The highest BCUT2D eigenvalue weighted by molar-refractivity contribution is 5.78. The largest absolute Gasteiger partial charge is 0.477 e. The van der Waals surface area contributed by atoms with Crippen molar-refractivity contribution in [3.05, 3.63) is 0 Å². The highest BCUT2D eigenvalue weighted by Crippen LogP contribution is 2.37. The molecule has 0 aromatic rings. The van der Waals surface area contributed by atoms with E-state index in [0.29, 0.717) is 0 Å². The molecule has 25 atom stereocenters. The van der Waals surface area contributed by atoms with E-state index in [1.54, 1.807) is 0 Å². The van der Waals surface area contributed by atoms with Crippen LogP contribution < -0.4 is 10.6 Å². The van der Waals surface area contributed by atoms with Crippen molar-refractivity contribution in [1.82, 2.24) is 10.6 Å². The summed E-state index contributed by atoms with van der Waals surface area (Å²) in [7, 11) is 0. The summed E-state index contributed by atoms with van der Waals surface area (Å²) in [6.07, 6.45) is -46.2. The third-order valence-electron chi connectivity index (χ3n) is 11.8. The highest BCUT2D eigenvalue weighted by atomic mass is 16.8. The molecular weight excluding hydrogens is 952 g/mol. The molecule has 0 aromatic carbocycles. The zero-order valence-electron chi connectivity index (χ0n) is 36.5. The number of hydrogen-bond acceptors (Lipinski definition) is 29. The lowest BCUT2D eigenvalue weighted by molar-refractivity contribution is -0.376. The lowest BCUT2D eigenvalue weighted by Crippen LogP contribution is -2.70. The van der Waals surface area contributed by atoms with E-state index in [2.05, 4.69) is 10.6 Å². The van der Waals surface area contributed by atoms with Crippen LogP contribution in [0.2, 0.25) is 0 Å². The van der Waals surface area contributed by atoms with Crippen LogP contribution in [0, 0.1) is 0 Å². The average Bonchev–Trinajstić information content (AvgIpc) is 3.32. The summed E-state index contributed by atoms with van der Waals surface area (Å²) in [6, 6.07) is -3.57. The van der Waals surface area contributed by atoms with Gasteiger partial charge in [-0.05, 0) is 0 Å². The third-order valence-corrected chi connectivity index (χ3v) is 11.8. The number of amides is 2. The number of nitrogens with one attached hydrogen (secondary N) is 2. The minimum absolute atomic E-state index is 0.896. The Bertz CT molecular complexity index is 1630. The van der Waals surface area contributed by atoms with Crippen LogP contribution in [0.15, 0.2) is 0 Å². The molecule has 4 saturated heterocycles. The molecule has 402 valence electrons. The predicted octanol–water partition coefficient (Wildman–Crippen LogP) is -13.8. The molecule has 4 aliphatic heterocycles. The van der Waals surface area contributed by atoms with Gasteiger partial charge in [0, 0.05) is 13.3 Å². The fourth-order valence-corrected chi connectivity index (χ4v) is 8.02. The maximum Gasteiger partial charge on any atom is 0.364 e. The van der Waals surface area contributed by atoms with Crippen molar-refractivity contribution in [1.29, 1.82) is 0 Å². The van der Waals surface area contributed by atoms with E-state index in [-0.39, 0.29) is 0 Å². The van der Waals surface area contributed by atoms with E-state index in [1.165, 1.54) is 0 Å². The standard InChI is InChI=1S/C37H64N2O30/c1-10(46)38-20-25(56)30(16(7-44)64-33(20)68-32-24(55)15(6-43)63-35(28(32)59)66-29(14(50)5-42)21(52)12(48)3-40)67-34-27(58)26(57)23(54)17(65-34)9-62-37(36(60)61)2-11(47)19(39-18(51)8-45)31(69-37)22(53)13(49)4-41/h11-17,19-35,40-45,47-50,52-59H,2-9H2,1H3,(H,38,46)(H,39,51)(H,60,61)/t11-,12-,13+,14+,15+,16+,17+,19+,20+,21+,22+,23-,24-,25+,26-,27+,28+,29+,30+,31+,32-,33-,34-,35-,37+/m0/s1. The molecule has 0 aliphatic carbocycles. The molecule has 4 aliphatic rings. The summed E-state index contributed by atoms with van der Waals surface area (Å²) in [6.45, 7) is -6.75. The Kier molecular flexibility index (Phi) is 22.1. The Morgan fingerprint density at radius 2 is 1.22 bits per heavy atom. The van der Waals surface area contributed by atoms with Gasteiger partial charge in [0.2, 0.25) is 11.8 Å². The molecule has 4 rings (SSSR count). The van der Waals surface area contributed by atoms with Gasteiger partial charge in [0.05, 0.1) is 51.8 Å². The first kappa shape index (κ1) is 58.9. The Labute approximate surface area is 389 Å². The number of aliphatic carboxylic acids is 1. The summed E-state index contributed by atoms with van der Waals surface area (Å²) in [5.41, 5.74) is 0. The van der Waals surface area contributed by atoms with Crippen LogP contribution in [-0.2, 0) is 52.3 Å². The number of rotatable bonds is 23. The van der Waals surface area contributed by atoms with Crippen LogP contribution >= 0.6 is 0 Å². The van der Waals surface area contributed by atoms with Gasteiger partial charge in [-0.25, -0.2) is 4.79 Å². The van der Waals surface area contributed by atoms with Crippen LogP contribution in [0.5, 0.6) is 0 Å². The first-order valence-corrected chi connectivity index (χ1v) is 21.3. The molecule has 0 spiro atoms. The zero-order chi connectivity index (χ0) is 51.8. The Morgan fingerprint density at radius 3 is 1.77 bits per heavy atom. The minimum Gasteiger partial charge on any atom is -0.477 e. The lowest BCUT2D eigenvalue weighted by atomic mass is 9.88. The SMILES string of the molecule is CC(=O)N[C@H]1[C@H](O[C@H]2[C@@H](O)[C@@H](CO)O[C@@H](O[C@@H]([C@H](O)[C@@H](O)CO)[C@H](O)CO)[C@@H]2O)O[C@H](CO)[C@@H](O[C@@H]2O[C@H](CO[C@]3(C(=O)O)C[C@H](O)[C@@H](NC(=O)CO)[C@H]([C@H](O)[C@H](O)CO)O3)[C@H](O)[C@H](O)[C@H]2O)[C@@H]1O. The van der Waals surface area contributed by atoms with E-state index >= 15 is 0 Å². The second-order valence-electron chi connectivity index (χ2n) is 16.7. The molecule has 0 bridgehead atoms. The number of carboxylic acid groups (broad SMARTS) is 1.